The van der Waals surface area contributed by atoms with Gasteiger partial charge in [-0.3, -0.25) is 10.1 Å². The minimum absolute atomic E-state index is 0.0256. The highest BCUT2D eigenvalue weighted by atomic mass is 16.5. The average Bonchev–Trinajstić information content (AvgIpc) is 2.50. The van der Waals surface area contributed by atoms with Crippen molar-refractivity contribution in [3.05, 3.63) is 54.1 Å². The molecule has 0 aliphatic rings. The first-order valence-electron chi connectivity index (χ1n) is 7.00. The highest BCUT2D eigenvalue weighted by molar-refractivity contribution is 5.95. The Kier molecular flexibility index (Phi) is 5.14. The number of ketones is 1. The molecule has 0 saturated carbocycles. The summed E-state index contributed by atoms with van der Waals surface area (Å²) in [5.41, 5.74) is 3.00. The molecule has 0 radical (unpaired) electrons. The molecule has 0 bridgehead atoms. The van der Waals surface area contributed by atoms with E-state index in [-0.39, 0.29) is 5.78 Å². The summed E-state index contributed by atoms with van der Waals surface area (Å²) in [7, 11) is 0. The van der Waals surface area contributed by atoms with Crippen LogP contribution in [0.3, 0.4) is 0 Å². The molecule has 0 saturated heterocycles. The first kappa shape index (κ1) is 15.6. The van der Waals surface area contributed by atoms with Gasteiger partial charge in [0.15, 0.2) is 5.78 Å². The summed E-state index contributed by atoms with van der Waals surface area (Å²) in [5.74, 6) is 0.0256. The van der Waals surface area contributed by atoms with Crippen molar-refractivity contribution in [3.63, 3.8) is 0 Å². The van der Waals surface area contributed by atoms with Gasteiger partial charge < -0.3 is 10.1 Å². The largest absolute Gasteiger partial charge is 0.450 e. The number of hydrogen-bond acceptors (Lipinski definition) is 4. The van der Waals surface area contributed by atoms with E-state index in [4.69, 9.17) is 4.74 Å². The molecule has 114 valence electrons. The van der Waals surface area contributed by atoms with Gasteiger partial charge in [0.2, 0.25) is 0 Å². The Balaban J connectivity index is 2.03. The molecule has 0 atom stereocenters. The van der Waals surface area contributed by atoms with E-state index >= 15 is 0 Å². The molecule has 2 N–H and O–H groups in total. The Bertz CT molecular complexity index is 666. The van der Waals surface area contributed by atoms with Crippen LogP contribution in [0.4, 0.5) is 21.9 Å². The number of ether oxygens (including phenoxy) is 1. The normalized spacial score (nSPS) is 9.91. The SMILES string of the molecule is CCOC(=O)Nc1ccc(Nc2cccc(C(C)=O)c2)cc1. The summed E-state index contributed by atoms with van der Waals surface area (Å²) in [5, 5.41) is 5.83. The zero-order valence-corrected chi connectivity index (χ0v) is 12.6. The lowest BCUT2D eigenvalue weighted by Crippen LogP contribution is -2.13. The van der Waals surface area contributed by atoms with Gasteiger partial charge >= 0.3 is 6.09 Å². The molecular weight excluding hydrogens is 280 g/mol. The fraction of sp³-hybridized carbons (Fsp3) is 0.176. The lowest BCUT2D eigenvalue weighted by molar-refractivity contribution is 0.101. The highest BCUT2D eigenvalue weighted by Crippen LogP contribution is 2.20. The van der Waals surface area contributed by atoms with Crippen molar-refractivity contribution in [1.82, 2.24) is 0 Å². The van der Waals surface area contributed by atoms with Crippen LogP contribution in [0.2, 0.25) is 0 Å². The number of Topliss-reactive ketones (excluding diaryl/α,β-unsaturated/α-hetero) is 1. The zero-order valence-electron chi connectivity index (χ0n) is 12.6. The summed E-state index contributed by atoms with van der Waals surface area (Å²) in [6, 6.07) is 14.5. The Morgan fingerprint density at radius 1 is 1.00 bits per heavy atom. The molecule has 2 aromatic rings. The number of carbonyl (C=O) groups excluding carboxylic acids is 2. The van der Waals surface area contributed by atoms with Gasteiger partial charge in [0.05, 0.1) is 6.61 Å². The van der Waals surface area contributed by atoms with Crippen LogP contribution >= 0.6 is 0 Å². The Morgan fingerprint density at radius 3 is 2.32 bits per heavy atom. The molecule has 0 unspecified atom stereocenters. The minimum Gasteiger partial charge on any atom is -0.450 e. The van der Waals surface area contributed by atoms with Crippen molar-refractivity contribution in [2.45, 2.75) is 13.8 Å². The molecule has 5 heteroatoms. The van der Waals surface area contributed by atoms with Crippen LogP contribution in [0.25, 0.3) is 0 Å². The maximum Gasteiger partial charge on any atom is 0.411 e. The minimum atomic E-state index is -0.475. The first-order valence-corrected chi connectivity index (χ1v) is 7.00. The predicted molar refractivity (Wildman–Crippen MR) is 86.8 cm³/mol. The molecule has 0 fully saturated rings. The van der Waals surface area contributed by atoms with E-state index in [9.17, 15) is 9.59 Å². The number of benzene rings is 2. The van der Waals surface area contributed by atoms with Crippen molar-refractivity contribution in [2.24, 2.45) is 0 Å². The van der Waals surface area contributed by atoms with Gasteiger partial charge in [-0.15, -0.1) is 0 Å². The summed E-state index contributed by atoms with van der Waals surface area (Å²) < 4.78 is 4.81. The van der Waals surface area contributed by atoms with Crippen LogP contribution in [0.5, 0.6) is 0 Å². The Hall–Kier alpha value is -2.82. The van der Waals surface area contributed by atoms with E-state index in [2.05, 4.69) is 10.6 Å². The second-order valence-electron chi connectivity index (χ2n) is 4.68. The summed E-state index contributed by atoms with van der Waals surface area (Å²) in [6.45, 7) is 3.62. The zero-order chi connectivity index (χ0) is 15.9. The highest BCUT2D eigenvalue weighted by Gasteiger charge is 2.03. The van der Waals surface area contributed by atoms with Crippen molar-refractivity contribution in [2.75, 3.05) is 17.2 Å². The molecule has 0 aliphatic heterocycles. The number of amides is 1. The lowest BCUT2D eigenvalue weighted by atomic mass is 10.1. The molecule has 0 heterocycles. The molecule has 1 amide bonds. The summed E-state index contributed by atoms with van der Waals surface area (Å²) >= 11 is 0. The van der Waals surface area contributed by atoms with Crippen LogP contribution in [-0.2, 0) is 4.74 Å². The van der Waals surface area contributed by atoms with E-state index in [0.29, 0.717) is 17.9 Å². The van der Waals surface area contributed by atoms with Gasteiger partial charge in [-0.05, 0) is 50.2 Å². The number of carbonyl (C=O) groups is 2. The van der Waals surface area contributed by atoms with Gasteiger partial charge in [0.1, 0.15) is 0 Å². The molecule has 0 spiro atoms. The number of rotatable bonds is 5. The van der Waals surface area contributed by atoms with Gasteiger partial charge in [-0.25, -0.2) is 4.79 Å². The fourth-order valence-corrected chi connectivity index (χ4v) is 1.90. The van der Waals surface area contributed by atoms with Crippen molar-refractivity contribution < 1.29 is 14.3 Å². The second-order valence-corrected chi connectivity index (χ2v) is 4.68. The van der Waals surface area contributed by atoms with Crippen LogP contribution < -0.4 is 10.6 Å². The number of anilines is 3. The molecular formula is C17H18N2O3. The molecule has 5 nitrogen and oxygen atoms in total. The van der Waals surface area contributed by atoms with Crippen molar-refractivity contribution >= 4 is 28.9 Å². The van der Waals surface area contributed by atoms with Crippen LogP contribution in [0.1, 0.15) is 24.2 Å². The van der Waals surface area contributed by atoms with E-state index in [1.807, 2.05) is 24.3 Å². The van der Waals surface area contributed by atoms with Crippen molar-refractivity contribution in [1.29, 1.82) is 0 Å². The number of hydrogen-bond donors (Lipinski definition) is 2. The van der Waals surface area contributed by atoms with Gasteiger partial charge in [0, 0.05) is 22.6 Å². The summed E-state index contributed by atoms with van der Waals surface area (Å²) in [4.78, 5) is 22.7. The van der Waals surface area contributed by atoms with E-state index < -0.39 is 6.09 Å². The third-order valence-corrected chi connectivity index (χ3v) is 2.96. The van der Waals surface area contributed by atoms with Crippen LogP contribution in [0, 0.1) is 0 Å². The van der Waals surface area contributed by atoms with Crippen LogP contribution in [0.15, 0.2) is 48.5 Å². The van der Waals surface area contributed by atoms with E-state index in [1.165, 1.54) is 6.92 Å². The third-order valence-electron chi connectivity index (χ3n) is 2.96. The van der Waals surface area contributed by atoms with Crippen molar-refractivity contribution in [3.8, 4) is 0 Å². The second kappa shape index (κ2) is 7.26. The molecule has 0 aromatic heterocycles. The third kappa shape index (κ3) is 4.34. The average molecular weight is 298 g/mol. The monoisotopic (exact) mass is 298 g/mol. The molecule has 2 rings (SSSR count). The molecule has 0 aliphatic carbocycles. The predicted octanol–water partition coefficient (Wildman–Crippen LogP) is 4.20. The maximum absolute atomic E-state index is 11.4. The first-order chi connectivity index (χ1) is 10.6. The summed E-state index contributed by atoms with van der Waals surface area (Å²) in [6.07, 6.45) is -0.475. The van der Waals surface area contributed by atoms with E-state index in [0.717, 1.165) is 11.4 Å². The maximum atomic E-state index is 11.4. The molecule has 22 heavy (non-hydrogen) atoms. The Labute approximate surface area is 129 Å². The lowest BCUT2D eigenvalue weighted by Gasteiger charge is -2.09. The van der Waals surface area contributed by atoms with Gasteiger partial charge in [-0.2, -0.15) is 0 Å². The topological polar surface area (TPSA) is 67.4 Å². The fourth-order valence-electron chi connectivity index (χ4n) is 1.90. The smallest absolute Gasteiger partial charge is 0.411 e. The standard InChI is InChI=1S/C17H18N2O3/c1-3-22-17(21)19-15-9-7-14(8-10-15)18-16-6-4-5-13(11-16)12(2)20/h4-11,18H,3H2,1-2H3,(H,19,21). The van der Waals surface area contributed by atoms with Crippen LogP contribution in [-0.4, -0.2) is 18.5 Å². The Morgan fingerprint density at radius 2 is 1.68 bits per heavy atom. The van der Waals surface area contributed by atoms with E-state index in [1.54, 1.807) is 31.2 Å². The van der Waals surface area contributed by atoms with Gasteiger partial charge in [-0.1, -0.05) is 12.1 Å². The quantitative estimate of drug-likeness (QED) is 0.812. The van der Waals surface area contributed by atoms with Gasteiger partial charge in [0.25, 0.3) is 0 Å². The number of nitrogens with one attached hydrogen (secondary N) is 2. The molecule has 2 aromatic carbocycles.